The Morgan fingerprint density at radius 1 is 1.37 bits per heavy atom. The van der Waals surface area contributed by atoms with Gasteiger partial charge in [0.15, 0.2) is 0 Å². The summed E-state index contributed by atoms with van der Waals surface area (Å²) in [5.41, 5.74) is 2.83. The first-order valence-corrected chi connectivity index (χ1v) is 8.00. The van der Waals surface area contributed by atoms with Crippen LogP contribution in [0.3, 0.4) is 0 Å². The van der Waals surface area contributed by atoms with Crippen LogP contribution < -0.4 is 5.32 Å². The SMILES string of the molecule is CC(CNC1CCc2sc(Cl)cc21)c1ccccc1. The van der Waals surface area contributed by atoms with E-state index in [1.807, 2.05) is 0 Å². The van der Waals surface area contributed by atoms with Crippen molar-refractivity contribution < 1.29 is 0 Å². The van der Waals surface area contributed by atoms with Crippen LogP contribution in [0.15, 0.2) is 36.4 Å². The predicted octanol–water partition coefficient (Wildman–Crippen LogP) is 4.78. The highest BCUT2D eigenvalue weighted by Gasteiger charge is 2.24. The summed E-state index contributed by atoms with van der Waals surface area (Å²) in [5.74, 6) is 0.541. The van der Waals surface area contributed by atoms with Crippen molar-refractivity contribution in [3.8, 4) is 0 Å². The summed E-state index contributed by atoms with van der Waals surface area (Å²) < 4.78 is 0.924. The second kappa shape index (κ2) is 5.66. The average Bonchev–Trinajstić information content (AvgIpc) is 2.96. The first-order valence-electron chi connectivity index (χ1n) is 6.80. The minimum absolute atomic E-state index is 0.491. The minimum Gasteiger partial charge on any atom is -0.309 e. The van der Waals surface area contributed by atoms with Gasteiger partial charge < -0.3 is 5.32 Å². The number of rotatable bonds is 4. The molecule has 1 aliphatic rings. The zero-order valence-corrected chi connectivity index (χ0v) is 12.6. The fraction of sp³-hybridized carbons (Fsp3) is 0.375. The van der Waals surface area contributed by atoms with E-state index in [1.54, 1.807) is 11.3 Å². The van der Waals surface area contributed by atoms with E-state index in [0.29, 0.717) is 12.0 Å². The van der Waals surface area contributed by atoms with Gasteiger partial charge in [-0.3, -0.25) is 0 Å². The van der Waals surface area contributed by atoms with Gasteiger partial charge in [-0.15, -0.1) is 11.3 Å². The minimum atomic E-state index is 0.491. The number of aryl methyl sites for hydroxylation is 1. The molecule has 100 valence electrons. The smallest absolute Gasteiger partial charge is 0.0934 e. The van der Waals surface area contributed by atoms with Gasteiger partial charge in [0.25, 0.3) is 0 Å². The van der Waals surface area contributed by atoms with E-state index in [9.17, 15) is 0 Å². The third kappa shape index (κ3) is 2.86. The van der Waals surface area contributed by atoms with Crippen molar-refractivity contribution >= 4 is 22.9 Å². The number of halogens is 1. The first-order chi connectivity index (χ1) is 9.24. The van der Waals surface area contributed by atoms with Crippen molar-refractivity contribution in [2.24, 2.45) is 0 Å². The zero-order chi connectivity index (χ0) is 13.2. The number of thiophene rings is 1. The van der Waals surface area contributed by atoms with E-state index in [1.165, 1.54) is 28.8 Å². The van der Waals surface area contributed by atoms with Crippen molar-refractivity contribution in [1.29, 1.82) is 0 Å². The van der Waals surface area contributed by atoms with Crippen LogP contribution in [0.4, 0.5) is 0 Å². The van der Waals surface area contributed by atoms with Crippen LogP contribution >= 0.6 is 22.9 Å². The average molecular weight is 292 g/mol. The number of hydrogen-bond donors (Lipinski definition) is 1. The monoisotopic (exact) mass is 291 g/mol. The summed E-state index contributed by atoms with van der Waals surface area (Å²) >= 11 is 7.83. The Balaban J connectivity index is 1.62. The van der Waals surface area contributed by atoms with Crippen LogP contribution in [0.25, 0.3) is 0 Å². The number of fused-ring (bicyclic) bond motifs is 1. The summed E-state index contributed by atoms with van der Waals surface area (Å²) in [6, 6.07) is 13.3. The fourth-order valence-corrected chi connectivity index (χ4v) is 4.12. The van der Waals surface area contributed by atoms with Crippen LogP contribution in [0.2, 0.25) is 4.34 Å². The maximum atomic E-state index is 6.09. The summed E-state index contributed by atoms with van der Waals surface area (Å²) in [6.07, 6.45) is 2.38. The summed E-state index contributed by atoms with van der Waals surface area (Å²) in [5, 5.41) is 3.70. The fourth-order valence-electron chi connectivity index (χ4n) is 2.76. The van der Waals surface area contributed by atoms with Crippen LogP contribution in [-0.4, -0.2) is 6.54 Å². The molecule has 2 aromatic rings. The molecule has 1 N–H and O–H groups in total. The van der Waals surface area contributed by atoms with Crippen LogP contribution in [0.1, 0.15) is 41.3 Å². The molecule has 0 fully saturated rings. The Morgan fingerprint density at radius 2 is 2.16 bits per heavy atom. The lowest BCUT2D eigenvalue weighted by Gasteiger charge is -2.17. The highest BCUT2D eigenvalue weighted by Crippen LogP contribution is 2.39. The zero-order valence-electron chi connectivity index (χ0n) is 11.0. The Labute approximate surface area is 123 Å². The van der Waals surface area contributed by atoms with Crippen LogP contribution in [0.5, 0.6) is 0 Å². The van der Waals surface area contributed by atoms with Gasteiger partial charge in [0.05, 0.1) is 4.34 Å². The number of nitrogens with one attached hydrogen (secondary N) is 1. The molecular formula is C16H18ClNS. The molecule has 1 aromatic carbocycles. The quantitative estimate of drug-likeness (QED) is 0.854. The Morgan fingerprint density at radius 3 is 2.95 bits per heavy atom. The lowest BCUT2D eigenvalue weighted by Crippen LogP contribution is -2.23. The number of benzene rings is 1. The van der Waals surface area contributed by atoms with Gasteiger partial charge in [-0.05, 0) is 36.0 Å². The Kier molecular flexibility index (Phi) is 3.92. The molecule has 0 aliphatic heterocycles. The maximum Gasteiger partial charge on any atom is 0.0934 e. The lowest BCUT2D eigenvalue weighted by molar-refractivity contribution is 0.504. The topological polar surface area (TPSA) is 12.0 Å². The molecule has 0 bridgehead atoms. The molecule has 1 aromatic heterocycles. The van der Waals surface area contributed by atoms with Gasteiger partial charge in [0.2, 0.25) is 0 Å². The third-order valence-electron chi connectivity index (χ3n) is 3.89. The molecule has 3 heteroatoms. The van der Waals surface area contributed by atoms with Crippen LogP contribution in [-0.2, 0) is 6.42 Å². The Hall–Kier alpha value is -0.830. The second-order valence-corrected chi connectivity index (χ2v) is 7.01. The van der Waals surface area contributed by atoms with Crippen molar-refractivity contribution in [2.75, 3.05) is 6.54 Å². The van der Waals surface area contributed by atoms with Gasteiger partial charge in [-0.1, -0.05) is 48.9 Å². The highest BCUT2D eigenvalue weighted by molar-refractivity contribution is 7.16. The molecule has 1 nitrogen and oxygen atoms in total. The lowest BCUT2D eigenvalue weighted by atomic mass is 10.0. The predicted molar refractivity (Wildman–Crippen MR) is 83.3 cm³/mol. The van der Waals surface area contributed by atoms with Gasteiger partial charge >= 0.3 is 0 Å². The summed E-state index contributed by atoms with van der Waals surface area (Å²) in [6.45, 7) is 3.29. The van der Waals surface area contributed by atoms with E-state index < -0.39 is 0 Å². The van der Waals surface area contributed by atoms with E-state index in [4.69, 9.17) is 11.6 Å². The number of hydrogen-bond acceptors (Lipinski definition) is 2. The van der Waals surface area contributed by atoms with E-state index in [0.717, 1.165) is 10.9 Å². The van der Waals surface area contributed by atoms with Crippen molar-refractivity contribution in [3.63, 3.8) is 0 Å². The van der Waals surface area contributed by atoms with Gasteiger partial charge in [-0.25, -0.2) is 0 Å². The van der Waals surface area contributed by atoms with Crippen LogP contribution in [0, 0.1) is 0 Å². The molecule has 0 amide bonds. The maximum absolute atomic E-state index is 6.09. The molecule has 1 aliphatic carbocycles. The Bertz CT molecular complexity index is 549. The molecule has 2 atom stereocenters. The van der Waals surface area contributed by atoms with E-state index in [2.05, 4.69) is 48.6 Å². The first kappa shape index (κ1) is 13.2. The standard InChI is InChI=1S/C16H18ClNS/c1-11(12-5-3-2-4-6-12)10-18-14-7-8-15-13(14)9-16(17)19-15/h2-6,9,11,14,18H,7-8,10H2,1H3. The molecule has 3 rings (SSSR count). The highest BCUT2D eigenvalue weighted by atomic mass is 35.5. The molecule has 0 radical (unpaired) electrons. The summed E-state index contributed by atoms with van der Waals surface area (Å²) in [7, 11) is 0. The second-order valence-electron chi connectivity index (χ2n) is 5.24. The van der Waals surface area contributed by atoms with Gasteiger partial charge in [-0.2, -0.15) is 0 Å². The molecule has 0 spiro atoms. The largest absolute Gasteiger partial charge is 0.309 e. The van der Waals surface area contributed by atoms with E-state index in [-0.39, 0.29) is 0 Å². The molecule has 2 unspecified atom stereocenters. The van der Waals surface area contributed by atoms with Gasteiger partial charge in [0, 0.05) is 17.5 Å². The van der Waals surface area contributed by atoms with Crippen molar-refractivity contribution in [1.82, 2.24) is 5.32 Å². The van der Waals surface area contributed by atoms with Gasteiger partial charge in [0.1, 0.15) is 0 Å². The normalized spacial score (nSPS) is 19.4. The van der Waals surface area contributed by atoms with Crippen molar-refractivity contribution in [3.05, 3.63) is 56.7 Å². The molecule has 0 saturated heterocycles. The molecule has 19 heavy (non-hydrogen) atoms. The molecule has 1 heterocycles. The third-order valence-corrected chi connectivity index (χ3v) is 5.23. The summed E-state index contributed by atoms with van der Waals surface area (Å²) in [4.78, 5) is 1.47. The molecular weight excluding hydrogens is 274 g/mol. The molecule has 0 saturated carbocycles. The van der Waals surface area contributed by atoms with E-state index >= 15 is 0 Å². The van der Waals surface area contributed by atoms with Crippen molar-refractivity contribution in [2.45, 2.75) is 31.7 Å².